The molecule has 1 rings (SSSR count). The first-order chi connectivity index (χ1) is 5.42. The molecule has 12 heavy (non-hydrogen) atoms. The average molecular weight is 172 g/mol. The Hall–Kier alpha value is -0.0800. The van der Waals surface area contributed by atoms with E-state index >= 15 is 0 Å². The van der Waals surface area contributed by atoms with Crippen LogP contribution in [0, 0.1) is 11.8 Å². The van der Waals surface area contributed by atoms with Gasteiger partial charge in [0.2, 0.25) is 0 Å². The standard InChI is InChI=1S/C10H20O2/c1-7(2)9-8(3)6-11-10(4,5)12-9/h7-9H,6H2,1-5H3. The van der Waals surface area contributed by atoms with Crippen LogP contribution in [-0.2, 0) is 9.47 Å². The van der Waals surface area contributed by atoms with Crippen molar-refractivity contribution in [3.8, 4) is 0 Å². The molecule has 0 radical (unpaired) electrons. The Kier molecular flexibility index (Phi) is 2.79. The number of ether oxygens (including phenoxy) is 2. The molecule has 1 fully saturated rings. The molecule has 1 heterocycles. The summed E-state index contributed by atoms with van der Waals surface area (Å²) in [6, 6.07) is 0. The molecule has 0 N–H and O–H groups in total. The van der Waals surface area contributed by atoms with E-state index in [1.807, 2.05) is 13.8 Å². The largest absolute Gasteiger partial charge is 0.350 e. The maximum absolute atomic E-state index is 5.83. The highest BCUT2D eigenvalue weighted by molar-refractivity contribution is 4.76. The Bertz CT molecular complexity index is 152. The molecule has 1 aliphatic rings. The van der Waals surface area contributed by atoms with E-state index in [1.54, 1.807) is 0 Å². The molecule has 1 aliphatic heterocycles. The summed E-state index contributed by atoms with van der Waals surface area (Å²) < 4.78 is 11.4. The Balaban J connectivity index is 2.59. The molecule has 0 aromatic heterocycles. The van der Waals surface area contributed by atoms with Crippen LogP contribution in [0.2, 0.25) is 0 Å². The predicted octanol–water partition coefficient (Wildman–Crippen LogP) is 2.43. The molecule has 0 spiro atoms. The van der Waals surface area contributed by atoms with Gasteiger partial charge in [0.1, 0.15) is 0 Å². The molecule has 0 aromatic rings. The van der Waals surface area contributed by atoms with E-state index in [9.17, 15) is 0 Å². The van der Waals surface area contributed by atoms with Crippen LogP contribution in [0.3, 0.4) is 0 Å². The Labute approximate surface area is 75.2 Å². The summed E-state index contributed by atoms with van der Waals surface area (Å²) in [5.41, 5.74) is 0. The van der Waals surface area contributed by atoms with Gasteiger partial charge in [0.25, 0.3) is 0 Å². The zero-order chi connectivity index (χ0) is 9.35. The molecule has 2 atom stereocenters. The van der Waals surface area contributed by atoms with Crippen molar-refractivity contribution in [2.24, 2.45) is 11.8 Å². The van der Waals surface area contributed by atoms with Gasteiger partial charge in [-0.25, -0.2) is 0 Å². The summed E-state index contributed by atoms with van der Waals surface area (Å²) in [6.45, 7) is 11.4. The van der Waals surface area contributed by atoms with Gasteiger partial charge in [0.15, 0.2) is 5.79 Å². The lowest BCUT2D eigenvalue weighted by atomic mass is 9.94. The van der Waals surface area contributed by atoms with Crippen molar-refractivity contribution in [1.29, 1.82) is 0 Å². The van der Waals surface area contributed by atoms with Gasteiger partial charge in [0.05, 0.1) is 12.7 Å². The fourth-order valence-electron chi connectivity index (χ4n) is 1.70. The van der Waals surface area contributed by atoms with Crippen LogP contribution in [-0.4, -0.2) is 18.5 Å². The molecule has 0 saturated carbocycles. The minimum absolute atomic E-state index is 0.341. The summed E-state index contributed by atoms with van der Waals surface area (Å²) in [6.07, 6.45) is 0.341. The van der Waals surface area contributed by atoms with Crippen LogP contribution in [0.15, 0.2) is 0 Å². The summed E-state index contributed by atoms with van der Waals surface area (Å²) in [5.74, 6) is 0.697. The number of hydrogen-bond acceptors (Lipinski definition) is 2. The van der Waals surface area contributed by atoms with Gasteiger partial charge < -0.3 is 9.47 Å². The molecule has 0 aliphatic carbocycles. The van der Waals surface area contributed by atoms with Gasteiger partial charge in [0, 0.05) is 5.92 Å². The Morgan fingerprint density at radius 2 is 1.92 bits per heavy atom. The molecule has 2 heteroatoms. The highest BCUT2D eigenvalue weighted by atomic mass is 16.7. The lowest BCUT2D eigenvalue weighted by Crippen LogP contribution is -2.46. The molecule has 0 bridgehead atoms. The van der Waals surface area contributed by atoms with Crippen LogP contribution in [0.4, 0.5) is 0 Å². The quantitative estimate of drug-likeness (QED) is 0.604. The summed E-state index contributed by atoms with van der Waals surface area (Å²) in [5, 5.41) is 0. The summed E-state index contributed by atoms with van der Waals surface area (Å²) in [4.78, 5) is 0. The Morgan fingerprint density at radius 1 is 1.33 bits per heavy atom. The molecule has 72 valence electrons. The third kappa shape index (κ3) is 2.20. The minimum Gasteiger partial charge on any atom is -0.350 e. The van der Waals surface area contributed by atoms with Crippen molar-refractivity contribution in [3.63, 3.8) is 0 Å². The zero-order valence-electron chi connectivity index (χ0n) is 8.76. The molecule has 2 nitrogen and oxygen atoms in total. The second-order valence-electron chi connectivity index (χ2n) is 4.51. The van der Waals surface area contributed by atoms with Crippen molar-refractivity contribution in [1.82, 2.24) is 0 Å². The maximum atomic E-state index is 5.83. The van der Waals surface area contributed by atoms with Gasteiger partial charge in [-0.3, -0.25) is 0 Å². The van der Waals surface area contributed by atoms with Crippen LogP contribution >= 0.6 is 0 Å². The monoisotopic (exact) mass is 172 g/mol. The highest BCUT2D eigenvalue weighted by Crippen LogP contribution is 2.29. The van der Waals surface area contributed by atoms with Gasteiger partial charge in [-0.2, -0.15) is 0 Å². The Morgan fingerprint density at radius 3 is 2.33 bits per heavy atom. The first-order valence-corrected chi connectivity index (χ1v) is 4.74. The number of hydrogen-bond donors (Lipinski definition) is 0. The predicted molar refractivity (Wildman–Crippen MR) is 48.9 cm³/mol. The van der Waals surface area contributed by atoms with Crippen molar-refractivity contribution < 1.29 is 9.47 Å². The topological polar surface area (TPSA) is 18.5 Å². The third-order valence-electron chi connectivity index (χ3n) is 2.33. The molecule has 1 saturated heterocycles. The average Bonchev–Trinajstić information content (AvgIpc) is 1.94. The second kappa shape index (κ2) is 3.35. The van der Waals surface area contributed by atoms with E-state index in [1.165, 1.54) is 0 Å². The minimum atomic E-state index is -0.387. The van der Waals surface area contributed by atoms with E-state index in [0.29, 0.717) is 17.9 Å². The molecule has 0 aromatic carbocycles. The number of rotatable bonds is 1. The first kappa shape index (κ1) is 10.0. The molecule has 2 unspecified atom stereocenters. The smallest absolute Gasteiger partial charge is 0.163 e. The van der Waals surface area contributed by atoms with Crippen LogP contribution in [0.5, 0.6) is 0 Å². The molecular formula is C10H20O2. The van der Waals surface area contributed by atoms with Crippen molar-refractivity contribution in [3.05, 3.63) is 0 Å². The van der Waals surface area contributed by atoms with Crippen LogP contribution in [0.1, 0.15) is 34.6 Å². The lowest BCUT2D eigenvalue weighted by molar-refractivity contribution is -0.298. The zero-order valence-corrected chi connectivity index (χ0v) is 8.76. The van der Waals surface area contributed by atoms with E-state index in [2.05, 4.69) is 20.8 Å². The summed E-state index contributed by atoms with van der Waals surface area (Å²) >= 11 is 0. The van der Waals surface area contributed by atoms with Gasteiger partial charge in [-0.15, -0.1) is 0 Å². The van der Waals surface area contributed by atoms with E-state index in [-0.39, 0.29) is 5.79 Å². The highest BCUT2D eigenvalue weighted by Gasteiger charge is 2.35. The fourth-order valence-corrected chi connectivity index (χ4v) is 1.70. The molecular weight excluding hydrogens is 152 g/mol. The van der Waals surface area contributed by atoms with Gasteiger partial charge in [-0.1, -0.05) is 20.8 Å². The fraction of sp³-hybridized carbons (Fsp3) is 1.00. The van der Waals surface area contributed by atoms with Crippen molar-refractivity contribution >= 4 is 0 Å². The second-order valence-corrected chi connectivity index (χ2v) is 4.51. The summed E-state index contributed by atoms with van der Waals surface area (Å²) in [7, 11) is 0. The van der Waals surface area contributed by atoms with Crippen LogP contribution < -0.4 is 0 Å². The van der Waals surface area contributed by atoms with E-state index in [4.69, 9.17) is 9.47 Å². The van der Waals surface area contributed by atoms with Crippen LogP contribution in [0.25, 0.3) is 0 Å². The third-order valence-corrected chi connectivity index (χ3v) is 2.33. The normalized spacial score (nSPS) is 35.5. The van der Waals surface area contributed by atoms with Crippen molar-refractivity contribution in [2.45, 2.75) is 46.5 Å². The SMILES string of the molecule is CC(C)C1OC(C)(C)OCC1C. The van der Waals surface area contributed by atoms with Gasteiger partial charge >= 0.3 is 0 Å². The lowest BCUT2D eigenvalue weighted by Gasteiger charge is -2.41. The first-order valence-electron chi connectivity index (χ1n) is 4.74. The van der Waals surface area contributed by atoms with Gasteiger partial charge in [-0.05, 0) is 19.8 Å². The molecule has 0 amide bonds. The van der Waals surface area contributed by atoms with Crippen molar-refractivity contribution in [2.75, 3.05) is 6.61 Å². The van der Waals surface area contributed by atoms with E-state index < -0.39 is 0 Å². The maximum Gasteiger partial charge on any atom is 0.163 e. The van der Waals surface area contributed by atoms with E-state index in [0.717, 1.165) is 6.61 Å².